The number of hydrogen-bond acceptors (Lipinski definition) is 4. The highest BCUT2D eigenvalue weighted by Crippen LogP contribution is 2.17. The van der Waals surface area contributed by atoms with Crippen molar-refractivity contribution in [3.05, 3.63) is 103 Å². The molecule has 0 bridgehead atoms. The Morgan fingerprint density at radius 1 is 1.04 bits per heavy atom. The van der Waals surface area contributed by atoms with Crippen molar-refractivity contribution in [1.82, 2.24) is 14.5 Å². The van der Waals surface area contributed by atoms with Crippen LogP contribution in [0.25, 0.3) is 5.82 Å². The second-order valence-electron chi connectivity index (χ2n) is 6.13. The van der Waals surface area contributed by atoms with E-state index in [2.05, 4.69) is 15.3 Å². The fourth-order valence-electron chi connectivity index (χ4n) is 2.68. The lowest BCUT2D eigenvalue weighted by Gasteiger charge is -2.09. The molecule has 0 saturated heterocycles. The number of hydrogen-bond donors (Lipinski definition) is 1. The van der Waals surface area contributed by atoms with Gasteiger partial charge in [-0.2, -0.15) is 0 Å². The summed E-state index contributed by atoms with van der Waals surface area (Å²) in [6.07, 6.45) is 6.77. The summed E-state index contributed by atoms with van der Waals surface area (Å²) in [5, 5.41) is 2.85. The Kier molecular flexibility index (Phi) is 5.11. The molecule has 0 radical (unpaired) electrons. The molecule has 2 aromatic carbocycles. The maximum atomic E-state index is 12.5. The molecule has 6 nitrogen and oxygen atoms in total. The first-order valence-corrected chi connectivity index (χ1v) is 8.80. The van der Waals surface area contributed by atoms with E-state index in [1.807, 2.05) is 48.7 Å². The van der Waals surface area contributed by atoms with Gasteiger partial charge in [0.2, 0.25) is 0 Å². The van der Waals surface area contributed by atoms with E-state index in [1.165, 1.54) is 0 Å². The molecule has 2 heterocycles. The second kappa shape index (κ2) is 8.18. The second-order valence-corrected chi connectivity index (χ2v) is 6.13. The van der Waals surface area contributed by atoms with Crippen LogP contribution in [0.2, 0.25) is 0 Å². The van der Waals surface area contributed by atoms with Crippen LogP contribution >= 0.6 is 0 Å². The van der Waals surface area contributed by atoms with Gasteiger partial charge in [0.05, 0.1) is 11.9 Å². The monoisotopic (exact) mass is 370 g/mol. The number of carbonyl (C=O) groups excluding carboxylic acids is 1. The van der Waals surface area contributed by atoms with Crippen LogP contribution in [0.5, 0.6) is 5.75 Å². The number of nitrogens with zero attached hydrogens (tertiary/aromatic N) is 3. The highest BCUT2D eigenvalue weighted by molar-refractivity contribution is 6.04. The number of pyridine rings is 1. The summed E-state index contributed by atoms with van der Waals surface area (Å²) in [6.45, 7) is 0.450. The highest BCUT2D eigenvalue weighted by Gasteiger charge is 2.08. The smallest absolute Gasteiger partial charge is 0.255 e. The summed E-state index contributed by atoms with van der Waals surface area (Å²) in [5.74, 6) is 1.15. The lowest BCUT2D eigenvalue weighted by atomic mass is 10.2. The van der Waals surface area contributed by atoms with Crippen LogP contribution in [0.1, 0.15) is 15.9 Å². The summed E-state index contributed by atoms with van der Waals surface area (Å²) >= 11 is 0. The van der Waals surface area contributed by atoms with E-state index < -0.39 is 0 Å². The van der Waals surface area contributed by atoms with Gasteiger partial charge in [-0.05, 0) is 35.9 Å². The molecule has 138 valence electrons. The van der Waals surface area contributed by atoms with Gasteiger partial charge in [0.15, 0.2) is 0 Å². The Balaban J connectivity index is 1.40. The van der Waals surface area contributed by atoms with Crippen molar-refractivity contribution >= 4 is 11.6 Å². The fraction of sp³-hybridized carbons (Fsp3) is 0.0455. The fourth-order valence-corrected chi connectivity index (χ4v) is 2.68. The van der Waals surface area contributed by atoms with E-state index in [4.69, 9.17) is 4.74 Å². The summed E-state index contributed by atoms with van der Waals surface area (Å²) in [7, 11) is 0. The molecule has 4 rings (SSSR count). The van der Waals surface area contributed by atoms with E-state index in [0.29, 0.717) is 23.6 Å². The molecule has 0 atom stereocenters. The molecule has 6 heteroatoms. The molecule has 0 unspecified atom stereocenters. The van der Waals surface area contributed by atoms with Crippen molar-refractivity contribution in [3.8, 4) is 11.6 Å². The van der Waals surface area contributed by atoms with Crippen LogP contribution < -0.4 is 10.1 Å². The van der Waals surface area contributed by atoms with Gasteiger partial charge >= 0.3 is 0 Å². The van der Waals surface area contributed by atoms with Crippen molar-refractivity contribution in [2.45, 2.75) is 6.61 Å². The zero-order valence-corrected chi connectivity index (χ0v) is 15.0. The number of rotatable bonds is 6. The van der Waals surface area contributed by atoms with Crippen LogP contribution in [0, 0.1) is 0 Å². The zero-order valence-electron chi connectivity index (χ0n) is 15.0. The minimum absolute atomic E-state index is 0.220. The zero-order chi connectivity index (χ0) is 19.2. The maximum Gasteiger partial charge on any atom is 0.255 e. The molecule has 2 aromatic heterocycles. The number of ether oxygens (including phenoxy) is 1. The van der Waals surface area contributed by atoms with Crippen LogP contribution in [-0.4, -0.2) is 20.4 Å². The van der Waals surface area contributed by atoms with Gasteiger partial charge in [0.25, 0.3) is 5.91 Å². The van der Waals surface area contributed by atoms with E-state index in [0.717, 1.165) is 11.4 Å². The number of imidazole rings is 1. The van der Waals surface area contributed by atoms with Crippen LogP contribution in [0.4, 0.5) is 5.69 Å². The molecule has 0 saturated carbocycles. The number of nitrogens with one attached hydrogen (secondary N) is 1. The summed E-state index contributed by atoms with van der Waals surface area (Å²) in [6, 6.07) is 20.6. The first kappa shape index (κ1) is 17.5. The Morgan fingerprint density at radius 2 is 1.93 bits per heavy atom. The molecule has 0 aliphatic heterocycles. The Bertz CT molecular complexity index is 1050. The first-order valence-electron chi connectivity index (χ1n) is 8.80. The largest absolute Gasteiger partial charge is 0.489 e. The number of anilines is 1. The molecule has 4 aromatic rings. The third-order valence-electron chi connectivity index (χ3n) is 4.12. The number of aromatic nitrogens is 3. The van der Waals surface area contributed by atoms with E-state index in [9.17, 15) is 4.79 Å². The molecule has 0 fully saturated rings. The molecule has 0 aliphatic carbocycles. The van der Waals surface area contributed by atoms with Crippen LogP contribution in [-0.2, 0) is 6.61 Å². The van der Waals surface area contributed by atoms with Gasteiger partial charge < -0.3 is 10.1 Å². The normalized spacial score (nSPS) is 10.4. The average molecular weight is 370 g/mol. The molecule has 0 spiro atoms. The molecule has 28 heavy (non-hydrogen) atoms. The number of benzene rings is 2. The lowest BCUT2D eigenvalue weighted by molar-refractivity contribution is 0.102. The average Bonchev–Trinajstić information content (AvgIpc) is 3.29. The summed E-state index contributed by atoms with van der Waals surface area (Å²) in [5.41, 5.74) is 2.20. The molecule has 1 amide bonds. The minimum Gasteiger partial charge on any atom is -0.489 e. The van der Waals surface area contributed by atoms with Gasteiger partial charge in [0.1, 0.15) is 24.5 Å². The first-order chi connectivity index (χ1) is 13.8. The Hall–Kier alpha value is -3.93. The lowest BCUT2D eigenvalue weighted by Crippen LogP contribution is -2.12. The summed E-state index contributed by atoms with van der Waals surface area (Å²) in [4.78, 5) is 20.9. The van der Waals surface area contributed by atoms with E-state index in [-0.39, 0.29) is 5.91 Å². The van der Waals surface area contributed by atoms with Gasteiger partial charge in [0, 0.05) is 18.0 Å². The van der Waals surface area contributed by atoms with Gasteiger partial charge in [-0.1, -0.05) is 36.4 Å². The van der Waals surface area contributed by atoms with Crippen LogP contribution in [0.15, 0.2) is 91.6 Å². The van der Waals surface area contributed by atoms with Gasteiger partial charge in [-0.3, -0.25) is 9.36 Å². The predicted octanol–water partition coefficient (Wildman–Crippen LogP) is 4.10. The number of carbonyl (C=O) groups is 1. The van der Waals surface area contributed by atoms with Crippen molar-refractivity contribution < 1.29 is 9.53 Å². The molecule has 0 aliphatic rings. The van der Waals surface area contributed by atoms with Crippen molar-refractivity contribution in [3.63, 3.8) is 0 Å². The molecular formula is C22H18N4O2. The maximum absolute atomic E-state index is 12.5. The van der Waals surface area contributed by atoms with E-state index >= 15 is 0 Å². The van der Waals surface area contributed by atoms with Crippen molar-refractivity contribution in [1.29, 1.82) is 0 Å². The van der Waals surface area contributed by atoms with Crippen molar-refractivity contribution in [2.24, 2.45) is 0 Å². The SMILES string of the molecule is O=C(Nc1ccc(-n2ccnc2)nc1)c1cccc(OCc2ccccc2)c1. The number of amides is 1. The van der Waals surface area contributed by atoms with Crippen LogP contribution in [0.3, 0.4) is 0 Å². The van der Waals surface area contributed by atoms with Gasteiger partial charge in [-0.15, -0.1) is 0 Å². The molecule has 1 N–H and O–H groups in total. The van der Waals surface area contributed by atoms with Crippen molar-refractivity contribution in [2.75, 3.05) is 5.32 Å². The Morgan fingerprint density at radius 3 is 2.68 bits per heavy atom. The van der Waals surface area contributed by atoms with Gasteiger partial charge in [-0.25, -0.2) is 9.97 Å². The highest BCUT2D eigenvalue weighted by atomic mass is 16.5. The predicted molar refractivity (Wildman–Crippen MR) is 107 cm³/mol. The Labute approximate surface area is 162 Å². The third-order valence-corrected chi connectivity index (χ3v) is 4.12. The quantitative estimate of drug-likeness (QED) is 0.555. The topological polar surface area (TPSA) is 69.0 Å². The summed E-state index contributed by atoms with van der Waals surface area (Å²) < 4.78 is 7.58. The van der Waals surface area contributed by atoms with E-state index in [1.54, 1.807) is 47.6 Å². The minimum atomic E-state index is -0.220. The third kappa shape index (κ3) is 4.24. The molecular weight excluding hydrogens is 352 g/mol. The standard InChI is InChI=1S/C22H18N4O2/c27-22(25-19-9-10-21(24-14-19)26-12-11-23-16-26)18-7-4-8-20(13-18)28-15-17-5-2-1-3-6-17/h1-14,16H,15H2,(H,25,27).